The molecule has 0 spiro atoms. The number of hydrogen-bond donors (Lipinski definition) is 0. The number of anilines is 3. The van der Waals surface area contributed by atoms with E-state index in [1.165, 1.54) is 76.5 Å². The first kappa shape index (κ1) is 30.8. The average molecular weight is 674 g/mol. The second-order valence-electron chi connectivity index (χ2n) is 13.8. The lowest BCUT2D eigenvalue weighted by Crippen LogP contribution is -2.10. The SMILES string of the molecule is c1ccc(-c2cccc(N(c3ccc(-c4ccc5ccccc5c4)cc3)c3ccc(-c4ccc5ccc6ccc7ccccc7c6c5c4)cc3)c2)cc1. The summed E-state index contributed by atoms with van der Waals surface area (Å²) in [7, 11) is 0. The number of hydrogen-bond acceptors (Lipinski definition) is 1. The first-order valence-corrected chi connectivity index (χ1v) is 18.2. The molecule has 0 heterocycles. The minimum absolute atomic E-state index is 1.11. The molecule has 0 N–H and O–H groups in total. The molecule has 10 rings (SSSR count). The van der Waals surface area contributed by atoms with Crippen LogP contribution in [0.5, 0.6) is 0 Å². The van der Waals surface area contributed by atoms with Crippen LogP contribution in [-0.2, 0) is 0 Å². The van der Waals surface area contributed by atoms with Crippen molar-refractivity contribution in [2.45, 2.75) is 0 Å². The summed E-state index contributed by atoms with van der Waals surface area (Å²) in [6, 6.07) is 77.2. The summed E-state index contributed by atoms with van der Waals surface area (Å²) in [5.74, 6) is 0. The van der Waals surface area contributed by atoms with Crippen molar-refractivity contribution >= 4 is 60.2 Å². The number of benzene rings is 10. The molecule has 0 unspecified atom stereocenters. The number of fused-ring (bicyclic) bond motifs is 6. The molecule has 0 fully saturated rings. The highest BCUT2D eigenvalue weighted by Crippen LogP contribution is 2.40. The van der Waals surface area contributed by atoms with E-state index in [0.29, 0.717) is 0 Å². The molecule has 1 nitrogen and oxygen atoms in total. The lowest BCUT2D eigenvalue weighted by molar-refractivity contribution is 1.28. The van der Waals surface area contributed by atoms with Crippen LogP contribution < -0.4 is 4.90 Å². The summed E-state index contributed by atoms with van der Waals surface area (Å²) in [6.45, 7) is 0. The lowest BCUT2D eigenvalue weighted by atomic mass is 9.94. The van der Waals surface area contributed by atoms with E-state index in [1.54, 1.807) is 0 Å². The predicted molar refractivity (Wildman–Crippen MR) is 227 cm³/mol. The van der Waals surface area contributed by atoms with Crippen molar-refractivity contribution in [2.24, 2.45) is 0 Å². The highest BCUT2D eigenvalue weighted by Gasteiger charge is 2.15. The predicted octanol–water partition coefficient (Wildman–Crippen LogP) is 14.8. The van der Waals surface area contributed by atoms with Gasteiger partial charge in [0.1, 0.15) is 0 Å². The molecular weight excluding hydrogens is 639 g/mol. The molecule has 10 aromatic rings. The molecule has 0 aromatic heterocycles. The molecule has 10 aromatic carbocycles. The second-order valence-corrected chi connectivity index (χ2v) is 13.8. The third-order valence-corrected chi connectivity index (χ3v) is 10.6. The molecule has 0 aliphatic rings. The Labute approximate surface area is 309 Å². The van der Waals surface area contributed by atoms with Crippen molar-refractivity contribution in [1.29, 1.82) is 0 Å². The molecule has 0 aliphatic heterocycles. The van der Waals surface area contributed by atoms with Crippen LogP contribution in [0.3, 0.4) is 0 Å². The quantitative estimate of drug-likeness (QED) is 0.159. The van der Waals surface area contributed by atoms with Crippen molar-refractivity contribution in [3.8, 4) is 33.4 Å². The van der Waals surface area contributed by atoms with Gasteiger partial charge in [0.25, 0.3) is 0 Å². The van der Waals surface area contributed by atoms with E-state index in [2.05, 4.69) is 217 Å². The van der Waals surface area contributed by atoms with Crippen molar-refractivity contribution < 1.29 is 0 Å². The highest BCUT2D eigenvalue weighted by molar-refractivity contribution is 6.20. The Kier molecular flexibility index (Phi) is 7.55. The number of nitrogens with zero attached hydrogens (tertiary/aromatic N) is 1. The minimum Gasteiger partial charge on any atom is -0.310 e. The molecule has 0 atom stereocenters. The highest BCUT2D eigenvalue weighted by atomic mass is 15.1. The summed E-state index contributed by atoms with van der Waals surface area (Å²) in [5.41, 5.74) is 10.5. The normalized spacial score (nSPS) is 11.4. The molecule has 53 heavy (non-hydrogen) atoms. The maximum atomic E-state index is 2.37. The van der Waals surface area contributed by atoms with Gasteiger partial charge >= 0.3 is 0 Å². The molecule has 0 amide bonds. The molecule has 0 radical (unpaired) electrons. The van der Waals surface area contributed by atoms with E-state index in [9.17, 15) is 0 Å². The third-order valence-electron chi connectivity index (χ3n) is 10.6. The molecule has 0 bridgehead atoms. The van der Waals surface area contributed by atoms with Gasteiger partial charge in [0.15, 0.2) is 0 Å². The van der Waals surface area contributed by atoms with Crippen molar-refractivity contribution in [2.75, 3.05) is 4.90 Å². The van der Waals surface area contributed by atoms with Crippen LogP contribution in [0.1, 0.15) is 0 Å². The van der Waals surface area contributed by atoms with Gasteiger partial charge in [-0.15, -0.1) is 0 Å². The average Bonchev–Trinajstić information content (AvgIpc) is 3.24. The Hall–Kier alpha value is -6.96. The maximum Gasteiger partial charge on any atom is 0.0467 e. The monoisotopic (exact) mass is 673 g/mol. The summed E-state index contributed by atoms with van der Waals surface area (Å²) in [4.78, 5) is 2.36. The zero-order valence-electron chi connectivity index (χ0n) is 29.2. The van der Waals surface area contributed by atoms with Gasteiger partial charge in [-0.2, -0.15) is 0 Å². The molecule has 0 saturated heterocycles. The van der Waals surface area contributed by atoms with Crippen LogP contribution in [-0.4, -0.2) is 0 Å². The van der Waals surface area contributed by atoms with Crippen LogP contribution >= 0.6 is 0 Å². The fraction of sp³-hybridized carbons (Fsp3) is 0. The largest absolute Gasteiger partial charge is 0.310 e. The second kappa shape index (κ2) is 13.0. The Bertz CT molecular complexity index is 2920. The zero-order chi connectivity index (χ0) is 35.1. The van der Waals surface area contributed by atoms with Crippen LogP contribution in [0.15, 0.2) is 212 Å². The Morgan fingerprint density at radius 3 is 1.42 bits per heavy atom. The Balaban J connectivity index is 1.06. The van der Waals surface area contributed by atoms with Crippen molar-refractivity contribution in [1.82, 2.24) is 0 Å². The summed E-state index contributed by atoms with van der Waals surface area (Å²) in [5, 5.41) is 10.2. The van der Waals surface area contributed by atoms with Gasteiger partial charge in [-0.1, -0.05) is 164 Å². The van der Waals surface area contributed by atoms with Crippen LogP contribution in [0.2, 0.25) is 0 Å². The summed E-state index contributed by atoms with van der Waals surface area (Å²) >= 11 is 0. The van der Waals surface area contributed by atoms with E-state index in [0.717, 1.165) is 17.1 Å². The van der Waals surface area contributed by atoms with E-state index in [4.69, 9.17) is 0 Å². The van der Waals surface area contributed by atoms with Gasteiger partial charge in [0, 0.05) is 17.1 Å². The topological polar surface area (TPSA) is 3.24 Å². The van der Waals surface area contributed by atoms with Gasteiger partial charge in [-0.3, -0.25) is 0 Å². The molecule has 248 valence electrons. The summed E-state index contributed by atoms with van der Waals surface area (Å²) in [6.07, 6.45) is 0. The smallest absolute Gasteiger partial charge is 0.0467 e. The van der Waals surface area contributed by atoms with Gasteiger partial charge in [-0.05, 0) is 125 Å². The minimum atomic E-state index is 1.11. The zero-order valence-corrected chi connectivity index (χ0v) is 29.2. The Morgan fingerprint density at radius 1 is 0.226 bits per heavy atom. The standard InChI is InChI=1S/C52H35N/c1-2-9-36(10-3-1)44-14-8-15-49(34-44)53(47-29-25-38(26-30-47)45-23-17-37-11-4-5-13-43(37)33-45)48-31-27-39(28-32-48)46-24-20-41-19-22-42-21-18-40-12-6-7-16-50(40)52(42)51(41)35-46/h1-35H. The van der Waals surface area contributed by atoms with Crippen LogP contribution in [0.25, 0.3) is 76.5 Å². The van der Waals surface area contributed by atoms with Crippen molar-refractivity contribution in [3.63, 3.8) is 0 Å². The summed E-state index contributed by atoms with van der Waals surface area (Å²) < 4.78 is 0. The fourth-order valence-corrected chi connectivity index (χ4v) is 7.88. The van der Waals surface area contributed by atoms with E-state index in [1.807, 2.05) is 0 Å². The lowest BCUT2D eigenvalue weighted by Gasteiger charge is -2.26. The van der Waals surface area contributed by atoms with E-state index in [-0.39, 0.29) is 0 Å². The third kappa shape index (κ3) is 5.69. The first-order chi connectivity index (χ1) is 26.2. The number of rotatable bonds is 6. The molecular formula is C52H35N. The first-order valence-electron chi connectivity index (χ1n) is 18.2. The van der Waals surface area contributed by atoms with Gasteiger partial charge in [-0.25, -0.2) is 0 Å². The fourth-order valence-electron chi connectivity index (χ4n) is 7.88. The van der Waals surface area contributed by atoms with Crippen LogP contribution in [0, 0.1) is 0 Å². The van der Waals surface area contributed by atoms with Crippen LogP contribution in [0.4, 0.5) is 17.1 Å². The van der Waals surface area contributed by atoms with E-state index >= 15 is 0 Å². The molecule has 0 saturated carbocycles. The molecule has 0 aliphatic carbocycles. The Morgan fingerprint density at radius 2 is 0.698 bits per heavy atom. The van der Waals surface area contributed by atoms with Gasteiger partial charge in [0.2, 0.25) is 0 Å². The van der Waals surface area contributed by atoms with Crippen molar-refractivity contribution in [3.05, 3.63) is 212 Å². The van der Waals surface area contributed by atoms with Gasteiger partial charge < -0.3 is 4.90 Å². The van der Waals surface area contributed by atoms with Gasteiger partial charge in [0.05, 0.1) is 0 Å². The molecule has 1 heteroatoms. The maximum absolute atomic E-state index is 2.37. The van der Waals surface area contributed by atoms with E-state index < -0.39 is 0 Å².